The standard InChI is InChI=1S/C9H16Si2/c1-11(2,8-10)9-6-4-3-5-7-9/h3-7H,8H2,1-2,10H3. The Morgan fingerprint density at radius 1 is 1.18 bits per heavy atom. The van der Waals surface area contributed by atoms with Crippen LogP contribution in [0.25, 0.3) is 0 Å². The summed E-state index contributed by atoms with van der Waals surface area (Å²) in [7, 11) is 0.352. The lowest BCUT2D eigenvalue weighted by molar-refractivity contribution is 1.65. The Morgan fingerprint density at radius 2 is 1.73 bits per heavy atom. The Hall–Kier alpha value is -0.346. The Balaban J connectivity index is 2.93. The summed E-state index contributed by atoms with van der Waals surface area (Å²) in [4.78, 5) is 0. The summed E-state index contributed by atoms with van der Waals surface area (Å²) in [5.41, 5.74) is 1.47. The van der Waals surface area contributed by atoms with Crippen molar-refractivity contribution in [3.63, 3.8) is 0 Å². The van der Waals surface area contributed by atoms with Crippen LogP contribution in [0.5, 0.6) is 0 Å². The van der Waals surface area contributed by atoms with Gasteiger partial charge in [-0.1, -0.05) is 54.3 Å². The maximum atomic E-state index is 2.45. The van der Waals surface area contributed by atoms with Crippen LogP contribution >= 0.6 is 0 Å². The largest absolute Gasteiger partial charge is 0.0773 e. The summed E-state index contributed by atoms with van der Waals surface area (Å²) < 4.78 is 0. The van der Waals surface area contributed by atoms with E-state index in [1.807, 2.05) is 0 Å². The van der Waals surface area contributed by atoms with Gasteiger partial charge in [-0.3, -0.25) is 0 Å². The highest BCUT2D eigenvalue weighted by Gasteiger charge is 2.19. The molecule has 11 heavy (non-hydrogen) atoms. The summed E-state index contributed by atoms with van der Waals surface area (Å²) in [5.74, 6) is 0. The first kappa shape index (κ1) is 8.75. The average molecular weight is 180 g/mol. The van der Waals surface area contributed by atoms with Gasteiger partial charge in [0.25, 0.3) is 0 Å². The molecule has 0 saturated carbocycles. The summed E-state index contributed by atoms with van der Waals surface area (Å²) in [5, 5.41) is 1.61. The van der Waals surface area contributed by atoms with Crippen LogP contribution in [0.4, 0.5) is 0 Å². The van der Waals surface area contributed by atoms with Crippen molar-refractivity contribution in [3.8, 4) is 0 Å². The van der Waals surface area contributed by atoms with Gasteiger partial charge in [0.2, 0.25) is 0 Å². The van der Waals surface area contributed by atoms with E-state index in [0.717, 1.165) is 0 Å². The minimum absolute atomic E-state index is 0.992. The lowest BCUT2D eigenvalue weighted by Crippen LogP contribution is -2.40. The van der Waals surface area contributed by atoms with Gasteiger partial charge >= 0.3 is 0 Å². The van der Waals surface area contributed by atoms with E-state index >= 15 is 0 Å². The number of rotatable bonds is 2. The van der Waals surface area contributed by atoms with Crippen LogP contribution in [0.15, 0.2) is 30.3 Å². The van der Waals surface area contributed by atoms with Gasteiger partial charge in [-0.25, -0.2) is 0 Å². The van der Waals surface area contributed by atoms with E-state index in [9.17, 15) is 0 Å². The van der Waals surface area contributed by atoms with Crippen molar-refractivity contribution >= 4 is 23.5 Å². The zero-order valence-electron chi connectivity index (χ0n) is 7.59. The van der Waals surface area contributed by atoms with Crippen molar-refractivity contribution in [1.82, 2.24) is 0 Å². The molecule has 0 nitrogen and oxygen atoms in total. The molecule has 1 rings (SSSR count). The van der Waals surface area contributed by atoms with E-state index in [1.165, 1.54) is 15.9 Å². The minimum atomic E-state index is -0.992. The molecule has 0 N–H and O–H groups in total. The fourth-order valence-electron chi connectivity index (χ4n) is 1.09. The topological polar surface area (TPSA) is 0 Å². The lowest BCUT2D eigenvalue weighted by atomic mass is 10.4. The minimum Gasteiger partial charge on any atom is -0.0659 e. The molecule has 60 valence electrons. The van der Waals surface area contributed by atoms with Crippen LogP contribution in [-0.4, -0.2) is 18.3 Å². The van der Waals surface area contributed by atoms with Gasteiger partial charge in [0.05, 0.1) is 8.07 Å². The quantitative estimate of drug-likeness (QED) is 0.594. The van der Waals surface area contributed by atoms with E-state index in [4.69, 9.17) is 0 Å². The van der Waals surface area contributed by atoms with Gasteiger partial charge < -0.3 is 0 Å². The molecule has 0 aliphatic rings. The normalized spacial score (nSPS) is 11.8. The van der Waals surface area contributed by atoms with E-state index < -0.39 is 8.07 Å². The first-order valence-corrected chi connectivity index (χ1v) is 8.84. The zero-order chi connectivity index (χ0) is 8.32. The van der Waals surface area contributed by atoms with Crippen LogP contribution in [-0.2, 0) is 0 Å². The molecule has 0 aromatic heterocycles. The number of hydrogen-bond donors (Lipinski definition) is 0. The number of hydrogen-bond acceptors (Lipinski definition) is 0. The van der Waals surface area contributed by atoms with Gasteiger partial charge in [0.1, 0.15) is 0 Å². The second-order valence-electron chi connectivity index (χ2n) is 3.60. The molecule has 0 spiro atoms. The van der Waals surface area contributed by atoms with E-state index in [1.54, 1.807) is 5.19 Å². The van der Waals surface area contributed by atoms with E-state index in [-0.39, 0.29) is 0 Å². The van der Waals surface area contributed by atoms with Gasteiger partial charge in [0, 0.05) is 10.2 Å². The summed E-state index contributed by atoms with van der Waals surface area (Å²) in [6.07, 6.45) is 0. The molecule has 0 saturated heterocycles. The highest BCUT2D eigenvalue weighted by Crippen LogP contribution is 2.05. The highest BCUT2D eigenvalue weighted by atomic mass is 28.4. The molecule has 1 aromatic carbocycles. The molecule has 0 bridgehead atoms. The van der Waals surface area contributed by atoms with Crippen molar-refractivity contribution in [2.24, 2.45) is 0 Å². The van der Waals surface area contributed by atoms with Gasteiger partial charge in [-0.05, 0) is 0 Å². The molecule has 0 radical (unpaired) electrons. The molecule has 1 aromatic rings. The Morgan fingerprint density at radius 3 is 2.18 bits per heavy atom. The summed E-state index contributed by atoms with van der Waals surface area (Å²) >= 11 is 0. The molecular weight excluding hydrogens is 164 g/mol. The van der Waals surface area contributed by atoms with Crippen molar-refractivity contribution in [1.29, 1.82) is 0 Å². The lowest BCUT2D eigenvalue weighted by Gasteiger charge is -2.20. The summed E-state index contributed by atoms with van der Waals surface area (Å²) in [6, 6.07) is 11.0. The van der Waals surface area contributed by atoms with Gasteiger partial charge in [-0.15, -0.1) is 0 Å². The number of benzene rings is 1. The first-order valence-electron chi connectivity index (χ1n) is 4.22. The fraction of sp³-hybridized carbons (Fsp3) is 0.333. The zero-order valence-corrected chi connectivity index (χ0v) is 10.6. The third-order valence-electron chi connectivity index (χ3n) is 2.44. The molecule has 0 aliphatic carbocycles. The fourth-order valence-corrected chi connectivity index (χ4v) is 3.82. The Kier molecular flexibility index (Phi) is 2.68. The van der Waals surface area contributed by atoms with E-state index in [2.05, 4.69) is 43.4 Å². The smallest absolute Gasteiger partial charge is 0.0659 e. The van der Waals surface area contributed by atoms with Crippen LogP contribution in [0.3, 0.4) is 0 Å². The third-order valence-corrected chi connectivity index (χ3v) is 11.4. The Labute approximate surface area is 73.1 Å². The van der Waals surface area contributed by atoms with Crippen molar-refractivity contribution in [3.05, 3.63) is 30.3 Å². The molecule has 0 fully saturated rings. The molecule has 0 unspecified atom stereocenters. The maximum absolute atomic E-state index is 2.45. The summed E-state index contributed by atoms with van der Waals surface area (Å²) in [6.45, 7) is 4.91. The van der Waals surface area contributed by atoms with Gasteiger partial charge in [0.15, 0.2) is 0 Å². The molecular formula is C9H16Si2. The second kappa shape index (κ2) is 3.37. The molecule has 0 atom stereocenters. The van der Waals surface area contributed by atoms with Crippen LogP contribution in [0.1, 0.15) is 0 Å². The second-order valence-corrected chi connectivity index (χ2v) is 10.8. The van der Waals surface area contributed by atoms with Crippen molar-refractivity contribution in [2.75, 3.05) is 0 Å². The van der Waals surface area contributed by atoms with Crippen molar-refractivity contribution < 1.29 is 0 Å². The maximum Gasteiger partial charge on any atom is 0.0773 e. The molecule has 2 heteroatoms. The predicted octanol–water partition coefficient (Wildman–Crippen LogP) is 0.925. The van der Waals surface area contributed by atoms with Crippen LogP contribution in [0.2, 0.25) is 18.8 Å². The van der Waals surface area contributed by atoms with Crippen molar-refractivity contribution in [2.45, 2.75) is 18.8 Å². The highest BCUT2D eigenvalue weighted by molar-refractivity contribution is 6.93. The average Bonchev–Trinajstić information content (AvgIpc) is 2.06. The SMILES string of the molecule is C[Si](C)(C[SiH3])c1ccccc1. The van der Waals surface area contributed by atoms with Crippen LogP contribution in [0, 0.1) is 0 Å². The van der Waals surface area contributed by atoms with Gasteiger partial charge in [-0.2, -0.15) is 0 Å². The molecule has 0 amide bonds. The predicted molar refractivity (Wildman–Crippen MR) is 58.3 cm³/mol. The van der Waals surface area contributed by atoms with Crippen LogP contribution < -0.4 is 5.19 Å². The molecule has 0 heterocycles. The Bertz CT molecular complexity index is 216. The third kappa shape index (κ3) is 2.04. The van der Waals surface area contributed by atoms with E-state index in [0.29, 0.717) is 0 Å². The first-order chi connectivity index (χ1) is 5.17. The molecule has 0 aliphatic heterocycles. The monoisotopic (exact) mass is 180 g/mol.